The number of hydrogen-bond acceptors (Lipinski definition) is 1. The minimum Gasteiger partial charge on any atom is -0.314 e. The van der Waals surface area contributed by atoms with Gasteiger partial charge in [-0.1, -0.05) is 41.5 Å². The first-order valence-corrected chi connectivity index (χ1v) is 7.40. The van der Waals surface area contributed by atoms with Crippen molar-refractivity contribution in [3.05, 3.63) is 0 Å². The molecule has 0 aromatic rings. The van der Waals surface area contributed by atoms with Crippen molar-refractivity contribution < 1.29 is 11.0 Å². The summed E-state index contributed by atoms with van der Waals surface area (Å²) in [7, 11) is 1.49. The molecule has 4 aliphatic rings. The largest absolute Gasteiger partial charge is 0.314 e. The predicted molar refractivity (Wildman–Crippen MR) is 81.9 cm³/mol. The van der Waals surface area contributed by atoms with Gasteiger partial charge >= 0.3 is 0 Å². The van der Waals surface area contributed by atoms with Crippen LogP contribution in [0.4, 0.5) is 0 Å². The fourth-order valence-electron chi connectivity index (χ4n) is 4.83. The van der Waals surface area contributed by atoms with E-state index in [1.807, 2.05) is 0 Å². The van der Waals surface area contributed by atoms with Crippen LogP contribution in [0.3, 0.4) is 0 Å². The normalized spacial score (nSPS) is 92.0. The Labute approximate surface area is 131 Å². The van der Waals surface area contributed by atoms with Crippen LogP contribution >= 0.6 is 0 Å². The van der Waals surface area contributed by atoms with Crippen molar-refractivity contribution >= 4 is 0 Å². The molecule has 4 fully saturated rings. The van der Waals surface area contributed by atoms with Crippen molar-refractivity contribution in [1.82, 2.24) is 5.32 Å². The van der Waals surface area contributed by atoms with E-state index in [0.29, 0.717) is 0 Å². The third kappa shape index (κ3) is 1.41. The Morgan fingerprint density at radius 2 is 1.95 bits per heavy atom. The Bertz CT molecular complexity index is 705. The van der Waals surface area contributed by atoms with Crippen molar-refractivity contribution in [1.29, 1.82) is 0 Å². The second-order valence-corrected chi connectivity index (χ2v) is 6.93. The quantitative estimate of drug-likeness (QED) is 0.794. The topological polar surface area (TPSA) is 12.0 Å². The van der Waals surface area contributed by atoms with Gasteiger partial charge < -0.3 is 5.32 Å². The molecule has 4 bridgehead atoms. The van der Waals surface area contributed by atoms with E-state index < -0.39 is 58.6 Å². The van der Waals surface area contributed by atoms with Gasteiger partial charge in [-0.15, -0.1) is 0 Å². The van der Waals surface area contributed by atoms with Crippen molar-refractivity contribution in [3.63, 3.8) is 0 Å². The summed E-state index contributed by atoms with van der Waals surface area (Å²) in [5.74, 6) is -11.9. The molecule has 110 valence electrons. The van der Waals surface area contributed by atoms with E-state index in [9.17, 15) is 6.85 Å². The van der Waals surface area contributed by atoms with Gasteiger partial charge in [0.15, 0.2) is 0 Å². The molecule has 8 atom stereocenters. The fraction of sp³-hybridized carbons (Fsp3) is 1.00. The highest BCUT2D eigenvalue weighted by molar-refractivity contribution is 5.20. The third-order valence-electron chi connectivity index (χ3n) is 5.84. The van der Waals surface area contributed by atoms with Gasteiger partial charge in [0.25, 0.3) is 0 Å². The highest BCUT2D eigenvalue weighted by Gasteiger charge is 2.69. The van der Waals surface area contributed by atoms with Crippen LogP contribution in [0.5, 0.6) is 0 Å². The van der Waals surface area contributed by atoms with E-state index in [0.717, 1.165) is 0 Å². The summed E-state index contributed by atoms with van der Waals surface area (Å²) in [4.78, 5) is 0. The average molecular weight is 272 g/mol. The molecule has 1 heteroatoms. The molecule has 4 aliphatic carbocycles. The van der Waals surface area contributed by atoms with Gasteiger partial charge in [0.05, 0.1) is 0 Å². The maximum absolute atomic E-state index is 9.56. The van der Waals surface area contributed by atoms with Crippen LogP contribution < -0.4 is 5.32 Å². The lowest BCUT2D eigenvalue weighted by Gasteiger charge is -2.74. The molecule has 0 aromatic carbocycles. The zero-order valence-corrected chi connectivity index (χ0v) is 13.3. The van der Waals surface area contributed by atoms with Gasteiger partial charge in [-0.05, 0) is 66.5 Å². The Morgan fingerprint density at radius 1 is 1.32 bits per heavy atom. The molecule has 1 N–H and O–H groups in total. The zero-order valence-electron chi connectivity index (χ0n) is 21.3. The maximum Gasteiger partial charge on any atom is 0.0325 e. The monoisotopic (exact) mass is 271 g/mol. The minimum absolute atomic E-state index is 0.158. The SMILES string of the molecule is [2H]C1([2H])C2([2H])CC3(C)C([2H])(C)C1(NC)C([2H])(C)C([2H])(C2([2H])C)C3([2H])C(C)C. The standard InChI is InChI=1S/C18H33N/c1-10(2)16-15-11(3)14-8-17(16,6)13(5)18(9-14,19-7)12(15)4/h10-16,19H,8-9H2,1-7H3/i9D2,11D,12D,13D,14D,15D,16D. The Balaban J connectivity index is 2.64. The van der Waals surface area contributed by atoms with E-state index in [1.165, 1.54) is 20.9 Å². The lowest BCUT2D eigenvalue weighted by molar-refractivity contribution is -0.230. The number of nitrogens with one attached hydrogen (secondary N) is 1. The van der Waals surface area contributed by atoms with Crippen molar-refractivity contribution in [2.24, 2.45) is 46.7 Å². The van der Waals surface area contributed by atoms with Crippen LogP contribution in [0.15, 0.2) is 0 Å². The fourth-order valence-corrected chi connectivity index (χ4v) is 4.83. The molecule has 0 aromatic heterocycles. The van der Waals surface area contributed by atoms with Gasteiger partial charge in [-0.2, -0.15) is 0 Å². The summed E-state index contributed by atoms with van der Waals surface area (Å²) in [6.07, 6.45) is -2.57. The summed E-state index contributed by atoms with van der Waals surface area (Å²) in [5.41, 5.74) is -3.14. The van der Waals surface area contributed by atoms with Crippen LogP contribution in [0.25, 0.3) is 0 Å². The first-order chi connectivity index (χ1) is 11.7. The number of rotatable bonds is 2. The van der Waals surface area contributed by atoms with E-state index in [-0.39, 0.29) is 6.42 Å². The summed E-state index contributed by atoms with van der Waals surface area (Å²) < 4.78 is 74.2. The molecule has 0 radical (unpaired) electrons. The van der Waals surface area contributed by atoms with Crippen LogP contribution in [0.2, 0.25) is 0 Å². The van der Waals surface area contributed by atoms with Crippen molar-refractivity contribution in [2.75, 3.05) is 7.05 Å². The van der Waals surface area contributed by atoms with E-state index >= 15 is 0 Å². The van der Waals surface area contributed by atoms with Gasteiger partial charge in [0.1, 0.15) is 0 Å². The van der Waals surface area contributed by atoms with Crippen LogP contribution in [-0.4, -0.2) is 12.6 Å². The molecule has 19 heavy (non-hydrogen) atoms. The smallest absolute Gasteiger partial charge is 0.0325 e. The molecule has 0 saturated heterocycles. The average Bonchev–Trinajstić information content (AvgIpc) is 2.48. The second kappa shape index (κ2) is 4.00. The van der Waals surface area contributed by atoms with Crippen molar-refractivity contribution in [2.45, 2.75) is 59.9 Å². The highest BCUT2D eigenvalue weighted by atomic mass is 15.0. The molecule has 0 amide bonds. The third-order valence-corrected chi connectivity index (χ3v) is 5.84. The highest BCUT2D eigenvalue weighted by Crippen LogP contribution is 2.71. The van der Waals surface area contributed by atoms with Crippen LogP contribution in [-0.2, 0) is 0 Å². The lowest BCUT2D eigenvalue weighted by Crippen LogP contribution is -2.75. The summed E-state index contributed by atoms with van der Waals surface area (Å²) in [6, 6.07) is 0. The van der Waals surface area contributed by atoms with Gasteiger partial charge in [-0.25, -0.2) is 0 Å². The molecule has 0 heterocycles. The molecular formula is C18H33N. The second-order valence-electron chi connectivity index (χ2n) is 6.93. The maximum atomic E-state index is 9.56. The van der Waals surface area contributed by atoms with E-state index in [4.69, 9.17) is 4.11 Å². The number of hydrogen-bond donors (Lipinski definition) is 1. The van der Waals surface area contributed by atoms with E-state index in [1.54, 1.807) is 27.7 Å². The molecule has 4 rings (SSSR count). The first kappa shape index (κ1) is 7.29. The Kier molecular flexibility index (Phi) is 1.53. The Morgan fingerprint density at radius 3 is 2.47 bits per heavy atom. The van der Waals surface area contributed by atoms with E-state index in [2.05, 4.69) is 5.32 Å². The molecule has 0 aliphatic heterocycles. The van der Waals surface area contributed by atoms with Gasteiger partial charge in [0.2, 0.25) is 0 Å². The molecule has 1 nitrogen and oxygen atoms in total. The predicted octanol–water partition coefficient (Wildman–Crippen LogP) is 4.18. The molecular weight excluding hydrogens is 230 g/mol. The summed E-state index contributed by atoms with van der Waals surface area (Å²) in [6.45, 7) is 9.63. The zero-order chi connectivity index (χ0) is 21.5. The first-order valence-electron chi connectivity index (χ1n) is 11.4. The summed E-state index contributed by atoms with van der Waals surface area (Å²) in [5, 5.41) is 2.91. The van der Waals surface area contributed by atoms with Crippen molar-refractivity contribution in [3.8, 4) is 0 Å². The Hall–Kier alpha value is -0.0400. The molecule has 0 spiro atoms. The van der Waals surface area contributed by atoms with Crippen LogP contribution in [0, 0.1) is 46.7 Å². The van der Waals surface area contributed by atoms with Gasteiger partial charge in [0, 0.05) is 16.5 Å². The minimum atomic E-state index is -2.42. The van der Waals surface area contributed by atoms with Crippen LogP contribution in [0.1, 0.15) is 65.3 Å². The summed E-state index contributed by atoms with van der Waals surface area (Å²) >= 11 is 0. The van der Waals surface area contributed by atoms with Gasteiger partial charge in [-0.3, -0.25) is 0 Å². The molecule has 8 unspecified atom stereocenters. The molecule has 4 saturated carbocycles. The lowest BCUT2D eigenvalue weighted by atomic mass is 9.33.